The molecule has 0 bridgehead atoms. The van der Waals surface area contributed by atoms with Gasteiger partial charge in [-0.3, -0.25) is 4.79 Å². The fourth-order valence-electron chi connectivity index (χ4n) is 1.29. The Morgan fingerprint density at radius 2 is 2.17 bits per heavy atom. The third-order valence-corrected chi connectivity index (χ3v) is 2.75. The lowest BCUT2D eigenvalue weighted by Crippen LogP contribution is -2.44. The second kappa shape index (κ2) is 2.69. The first-order valence-electron chi connectivity index (χ1n) is 3.89. The molecule has 3 unspecified atom stereocenters. The van der Waals surface area contributed by atoms with Crippen LogP contribution < -0.4 is 11.2 Å². The van der Waals surface area contributed by atoms with Crippen molar-refractivity contribution in [1.82, 2.24) is 10.4 Å². The maximum absolute atomic E-state index is 10.6. The maximum atomic E-state index is 10.6. The average Bonchev–Trinajstić information content (AvgIpc) is 2.58. The van der Waals surface area contributed by atoms with Gasteiger partial charge in [0.05, 0.1) is 5.66 Å². The van der Waals surface area contributed by atoms with Gasteiger partial charge in [0, 0.05) is 13.0 Å². The van der Waals surface area contributed by atoms with Crippen LogP contribution in [0.4, 0.5) is 0 Å². The lowest BCUT2D eigenvalue weighted by molar-refractivity contribution is -0.140. The molecule has 5 nitrogen and oxygen atoms in total. The van der Waals surface area contributed by atoms with Gasteiger partial charge in [-0.05, 0) is 6.92 Å². The second-order valence-corrected chi connectivity index (χ2v) is 3.47. The van der Waals surface area contributed by atoms with E-state index in [9.17, 15) is 4.79 Å². The van der Waals surface area contributed by atoms with Gasteiger partial charge in [-0.15, -0.1) is 0 Å². The molecular formula is C7H15N3O2. The fraction of sp³-hybridized carbons (Fsp3) is 0.857. The van der Waals surface area contributed by atoms with E-state index in [1.54, 1.807) is 0 Å². The highest BCUT2D eigenvalue weighted by atomic mass is 16.4. The number of nitrogens with two attached hydrogens (primary N) is 1. The van der Waals surface area contributed by atoms with E-state index in [-0.39, 0.29) is 11.6 Å². The van der Waals surface area contributed by atoms with Crippen molar-refractivity contribution in [3.05, 3.63) is 0 Å². The Hall–Kier alpha value is -0.650. The summed E-state index contributed by atoms with van der Waals surface area (Å²) in [5.41, 5.74) is 8.26. The summed E-state index contributed by atoms with van der Waals surface area (Å²) in [6.07, 6.45) is 0. The van der Waals surface area contributed by atoms with E-state index in [2.05, 4.69) is 5.43 Å². The van der Waals surface area contributed by atoms with E-state index >= 15 is 0 Å². The van der Waals surface area contributed by atoms with Crippen LogP contribution in [0.2, 0.25) is 0 Å². The van der Waals surface area contributed by atoms with Gasteiger partial charge in [0.2, 0.25) is 0 Å². The Kier molecular flexibility index (Phi) is 2.11. The van der Waals surface area contributed by atoms with Crippen LogP contribution >= 0.6 is 0 Å². The van der Waals surface area contributed by atoms with Gasteiger partial charge in [0.15, 0.2) is 0 Å². The van der Waals surface area contributed by atoms with Gasteiger partial charge in [0.1, 0.15) is 6.04 Å². The van der Waals surface area contributed by atoms with Crippen molar-refractivity contribution in [1.29, 1.82) is 0 Å². The Morgan fingerprint density at radius 3 is 2.42 bits per heavy atom. The van der Waals surface area contributed by atoms with Crippen molar-refractivity contribution < 1.29 is 9.90 Å². The molecule has 1 fully saturated rings. The largest absolute Gasteiger partial charge is 0.480 e. The standard InChI is InChI=1S/C7H15N3O2/c1-4(5(8)6(11)12)7(2)9-10(7)3/h4-5,9H,8H2,1-3H3,(H,11,12)/t4-,5?,7?,10?/m0/s1. The SMILES string of the molecule is C[C@@H](C(N)C(=O)O)C1(C)NN1C. The monoisotopic (exact) mass is 173 g/mol. The van der Waals surface area contributed by atoms with Crippen LogP contribution in [0.15, 0.2) is 0 Å². The van der Waals surface area contributed by atoms with Crippen molar-refractivity contribution in [2.45, 2.75) is 25.6 Å². The number of aliphatic carboxylic acids is 1. The average molecular weight is 173 g/mol. The Labute approximate surface area is 71.5 Å². The van der Waals surface area contributed by atoms with E-state index in [1.807, 2.05) is 25.9 Å². The summed E-state index contributed by atoms with van der Waals surface area (Å²) in [4.78, 5) is 10.6. The molecule has 4 N–H and O–H groups in total. The van der Waals surface area contributed by atoms with Gasteiger partial charge in [-0.2, -0.15) is 0 Å². The van der Waals surface area contributed by atoms with E-state index in [1.165, 1.54) is 0 Å². The number of hydrogen-bond acceptors (Lipinski definition) is 4. The summed E-state index contributed by atoms with van der Waals surface area (Å²) >= 11 is 0. The molecule has 1 saturated heterocycles. The number of carboxylic acids is 1. The van der Waals surface area contributed by atoms with Gasteiger partial charge in [0.25, 0.3) is 0 Å². The third-order valence-electron chi connectivity index (χ3n) is 2.75. The number of rotatable bonds is 3. The quantitative estimate of drug-likeness (QED) is 0.486. The molecule has 0 aromatic rings. The van der Waals surface area contributed by atoms with Crippen molar-refractivity contribution in [2.24, 2.45) is 11.7 Å². The van der Waals surface area contributed by atoms with Gasteiger partial charge < -0.3 is 10.8 Å². The van der Waals surface area contributed by atoms with Crippen LogP contribution in [0.3, 0.4) is 0 Å². The van der Waals surface area contributed by atoms with E-state index < -0.39 is 12.0 Å². The van der Waals surface area contributed by atoms with Crippen molar-refractivity contribution >= 4 is 5.97 Å². The minimum absolute atomic E-state index is 0.111. The van der Waals surface area contributed by atoms with E-state index in [0.717, 1.165) is 0 Å². The normalized spacial score (nSPS) is 38.8. The van der Waals surface area contributed by atoms with Crippen LogP contribution in [-0.2, 0) is 4.79 Å². The zero-order valence-corrected chi connectivity index (χ0v) is 7.53. The number of carbonyl (C=O) groups is 1. The fourth-order valence-corrected chi connectivity index (χ4v) is 1.29. The van der Waals surface area contributed by atoms with Crippen LogP contribution in [-0.4, -0.2) is 34.8 Å². The molecule has 0 aliphatic carbocycles. The summed E-state index contributed by atoms with van der Waals surface area (Å²) < 4.78 is 0. The lowest BCUT2D eigenvalue weighted by Gasteiger charge is -2.20. The summed E-state index contributed by atoms with van der Waals surface area (Å²) in [6.45, 7) is 3.76. The molecule has 0 saturated carbocycles. The van der Waals surface area contributed by atoms with Crippen molar-refractivity contribution in [3.8, 4) is 0 Å². The molecule has 1 aliphatic rings. The van der Waals surface area contributed by atoms with Gasteiger partial charge in [-0.1, -0.05) is 6.92 Å². The highest BCUT2D eigenvalue weighted by molar-refractivity contribution is 5.73. The molecule has 5 heteroatoms. The molecule has 4 atom stereocenters. The third kappa shape index (κ3) is 1.31. The predicted molar refractivity (Wildman–Crippen MR) is 44.1 cm³/mol. The molecule has 1 heterocycles. The van der Waals surface area contributed by atoms with Crippen LogP contribution in [0.25, 0.3) is 0 Å². The van der Waals surface area contributed by atoms with Crippen LogP contribution in [0, 0.1) is 5.92 Å². The maximum Gasteiger partial charge on any atom is 0.320 e. The number of carboxylic acid groups (broad SMARTS) is 1. The lowest BCUT2D eigenvalue weighted by atomic mass is 9.93. The van der Waals surface area contributed by atoms with Crippen molar-refractivity contribution in [2.75, 3.05) is 7.05 Å². The molecule has 12 heavy (non-hydrogen) atoms. The highest BCUT2D eigenvalue weighted by Gasteiger charge is 2.51. The van der Waals surface area contributed by atoms with E-state index in [0.29, 0.717) is 0 Å². The molecule has 1 rings (SSSR count). The molecule has 0 spiro atoms. The number of hydrogen-bond donors (Lipinski definition) is 3. The summed E-state index contributed by atoms with van der Waals surface area (Å²) in [6, 6.07) is -0.813. The Morgan fingerprint density at radius 1 is 1.75 bits per heavy atom. The first kappa shape index (κ1) is 9.44. The summed E-state index contributed by atoms with van der Waals surface area (Å²) in [5, 5.41) is 10.5. The minimum atomic E-state index is -0.953. The summed E-state index contributed by atoms with van der Waals surface area (Å²) in [5.74, 6) is -1.06. The minimum Gasteiger partial charge on any atom is -0.480 e. The first-order chi connectivity index (χ1) is 5.39. The molecular weight excluding hydrogens is 158 g/mol. The molecule has 1 aliphatic heterocycles. The second-order valence-electron chi connectivity index (χ2n) is 3.47. The topological polar surface area (TPSA) is 88.3 Å². The van der Waals surface area contributed by atoms with Gasteiger partial charge >= 0.3 is 5.97 Å². The molecule has 0 radical (unpaired) electrons. The zero-order chi connectivity index (χ0) is 9.52. The predicted octanol–water partition coefficient (Wildman–Crippen LogP) is -0.799. The van der Waals surface area contributed by atoms with E-state index in [4.69, 9.17) is 10.8 Å². The highest BCUT2D eigenvalue weighted by Crippen LogP contribution is 2.32. The Bertz CT molecular complexity index is 209. The number of nitrogens with one attached hydrogen (secondary N) is 1. The molecule has 0 aromatic heterocycles. The van der Waals surface area contributed by atoms with Crippen LogP contribution in [0.5, 0.6) is 0 Å². The zero-order valence-electron chi connectivity index (χ0n) is 7.53. The Balaban J connectivity index is 2.59. The van der Waals surface area contributed by atoms with Crippen LogP contribution in [0.1, 0.15) is 13.8 Å². The molecule has 0 amide bonds. The molecule has 0 aromatic carbocycles. The van der Waals surface area contributed by atoms with Crippen molar-refractivity contribution in [3.63, 3.8) is 0 Å². The smallest absolute Gasteiger partial charge is 0.320 e. The number of hydrazine groups is 1. The summed E-state index contributed by atoms with van der Waals surface area (Å²) in [7, 11) is 1.87. The number of nitrogens with zero attached hydrogens (tertiary/aromatic N) is 1. The molecule has 70 valence electrons. The van der Waals surface area contributed by atoms with Gasteiger partial charge in [-0.25, -0.2) is 10.4 Å². The first-order valence-corrected chi connectivity index (χ1v) is 3.89.